The third-order valence-electron chi connectivity index (χ3n) is 4.30. The van der Waals surface area contributed by atoms with Crippen LogP contribution >= 0.6 is 0 Å². The molecule has 2 aliphatic rings. The Balaban J connectivity index is 1.59. The summed E-state index contributed by atoms with van der Waals surface area (Å²) in [7, 11) is 0. The standard InChI is InChI=1S/C17H22FN3O3/c1-11-8-20(9-12(2)24-11)17(23)19-14-7-16(22)21(10-14)15-5-3-13(18)4-6-15/h3-6,11-12,14H,7-10H2,1-2H3,(H,19,23)/t11-,12+,14-/m1/s1. The van der Waals surface area contributed by atoms with Crippen molar-refractivity contribution in [2.45, 2.75) is 38.5 Å². The number of amides is 3. The zero-order valence-electron chi connectivity index (χ0n) is 13.9. The number of rotatable bonds is 2. The molecule has 2 aliphatic heterocycles. The van der Waals surface area contributed by atoms with E-state index in [9.17, 15) is 14.0 Å². The van der Waals surface area contributed by atoms with Gasteiger partial charge in [-0.1, -0.05) is 0 Å². The van der Waals surface area contributed by atoms with Crippen LogP contribution < -0.4 is 10.2 Å². The van der Waals surface area contributed by atoms with Gasteiger partial charge in [0.2, 0.25) is 5.91 Å². The number of anilines is 1. The fourth-order valence-corrected chi connectivity index (χ4v) is 3.28. The van der Waals surface area contributed by atoms with Crippen molar-refractivity contribution >= 4 is 17.6 Å². The molecule has 0 unspecified atom stereocenters. The fraction of sp³-hybridized carbons (Fsp3) is 0.529. The van der Waals surface area contributed by atoms with Gasteiger partial charge in [-0.05, 0) is 38.1 Å². The van der Waals surface area contributed by atoms with E-state index in [0.717, 1.165) is 0 Å². The summed E-state index contributed by atoms with van der Waals surface area (Å²) in [5.74, 6) is -0.415. The number of nitrogens with zero attached hydrogens (tertiary/aromatic N) is 2. The third-order valence-corrected chi connectivity index (χ3v) is 4.30. The average Bonchev–Trinajstić information content (AvgIpc) is 2.87. The second-order valence-electron chi connectivity index (χ2n) is 6.49. The van der Waals surface area contributed by atoms with Crippen LogP contribution in [0.1, 0.15) is 20.3 Å². The molecule has 0 aromatic heterocycles. The number of urea groups is 1. The highest BCUT2D eigenvalue weighted by Crippen LogP contribution is 2.22. The first-order valence-corrected chi connectivity index (χ1v) is 8.19. The molecule has 6 nitrogen and oxygen atoms in total. The van der Waals surface area contributed by atoms with Crippen molar-refractivity contribution in [2.75, 3.05) is 24.5 Å². The van der Waals surface area contributed by atoms with Crippen LogP contribution in [-0.4, -0.2) is 54.7 Å². The molecule has 1 aromatic rings. The first-order valence-electron chi connectivity index (χ1n) is 8.19. The lowest BCUT2D eigenvalue weighted by atomic mass is 10.2. The zero-order valence-corrected chi connectivity index (χ0v) is 13.9. The van der Waals surface area contributed by atoms with Gasteiger partial charge in [-0.25, -0.2) is 9.18 Å². The van der Waals surface area contributed by atoms with E-state index in [0.29, 0.717) is 25.3 Å². The predicted octanol–water partition coefficient (Wildman–Crippen LogP) is 1.75. The molecule has 130 valence electrons. The highest BCUT2D eigenvalue weighted by Gasteiger charge is 2.33. The maximum Gasteiger partial charge on any atom is 0.317 e. The molecule has 2 saturated heterocycles. The SMILES string of the molecule is C[C@@H]1CN(C(=O)N[C@@H]2CC(=O)N(c3ccc(F)cc3)C2)C[C@H](C)O1. The van der Waals surface area contributed by atoms with Gasteiger partial charge in [-0.2, -0.15) is 0 Å². The summed E-state index contributed by atoms with van der Waals surface area (Å²) in [5.41, 5.74) is 0.645. The normalized spacial score (nSPS) is 27.5. The van der Waals surface area contributed by atoms with Gasteiger partial charge in [0.1, 0.15) is 5.82 Å². The Morgan fingerprint density at radius 1 is 1.17 bits per heavy atom. The van der Waals surface area contributed by atoms with E-state index in [2.05, 4.69) is 5.32 Å². The number of carbonyl (C=O) groups excluding carboxylic acids is 2. The van der Waals surface area contributed by atoms with Crippen molar-refractivity contribution in [1.29, 1.82) is 0 Å². The molecule has 1 aromatic carbocycles. The number of halogens is 1. The van der Waals surface area contributed by atoms with Crippen LogP contribution in [0.2, 0.25) is 0 Å². The summed E-state index contributed by atoms with van der Waals surface area (Å²) in [6.45, 7) is 5.35. The first-order chi connectivity index (χ1) is 11.4. The summed E-state index contributed by atoms with van der Waals surface area (Å²) in [4.78, 5) is 27.9. The van der Waals surface area contributed by atoms with E-state index in [1.807, 2.05) is 13.8 Å². The Hall–Kier alpha value is -2.15. The quantitative estimate of drug-likeness (QED) is 0.896. The van der Waals surface area contributed by atoms with E-state index < -0.39 is 0 Å². The van der Waals surface area contributed by atoms with E-state index in [1.54, 1.807) is 21.9 Å². The van der Waals surface area contributed by atoms with E-state index in [4.69, 9.17) is 4.74 Å². The van der Waals surface area contributed by atoms with Crippen LogP contribution in [0.5, 0.6) is 0 Å². The Morgan fingerprint density at radius 2 is 1.79 bits per heavy atom. The third kappa shape index (κ3) is 3.67. The predicted molar refractivity (Wildman–Crippen MR) is 87.3 cm³/mol. The molecule has 3 rings (SSSR count). The Bertz CT molecular complexity index is 612. The molecular weight excluding hydrogens is 313 g/mol. The summed E-state index contributed by atoms with van der Waals surface area (Å²) in [5, 5.41) is 2.93. The lowest BCUT2D eigenvalue weighted by Gasteiger charge is -2.35. The van der Waals surface area contributed by atoms with Gasteiger partial charge in [0, 0.05) is 31.7 Å². The number of nitrogens with one attached hydrogen (secondary N) is 1. The molecule has 0 spiro atoms. The molecule has 3 amide bonds. The molecule has 2 fully saturated rings. The number of hydrogen-bond acceptors (Lipinski definition) is 3. The number of morpholine rings is 1. The molecule has 2 heterocycles. The molecule has 24 heavy (non-hydrogen) atoms. The van der Waals surface area contributed by atoms with Gasteiger partial charge in [0.25, 0.3) is 0 Å². The van der Waals surface area contributed by atoms with Crippen molar-refractivity contribution < 1.29 is 18.7 Å². The molecule has 0 bridgehead atoms. The topological polar surface area (TPSA) is 61.9 Å². The lowest BCUT2D eigenvalue weighted by molar-refractivity contribution is -0.117. The average molecular weight is 335 g/mol. The van der Waals surface area contributed by atoms with Crippen molar-refractivity contribution in [2.24, 2.45) is 0 Å². The van der Waals surface area contributed by atoms with Crippen LogP contribution in [-0.2, 0) is 9.53 Å². The Kier molecular flexibility index (Phi) is 4.71. The number of carbonyl (C=O) groups is 2. The molecule has 3 atom stereocenters. The highest BCUT2D eigenvalue weighted by atomic mass is 19.1. The Morgan fingerprint density at radius 3 is 2.42 bits per heavy atom. The van der Waals surface area contributed by atoms with E-state index >= 15 is 0 Å². The van der Waals surface area contributed by atoms with Crippen LogP contribution in [0, 0.1) is 5.82 Å². The first kappa shape index (κ1) is 16.7. The second kappa shape index (κ2) is 6.76. The summed E-state index contributed by atoms with van der Waals surface area (Å²) < 4.78 is 18.6. The maximum atomic E-state index is 13.0. The minimum absolute atomic E-state index is 0.000392. The van der Waals surface area contributed by atoms with Gasteiger partial charge < -0.3 is 19.9 Å². The summed E-state index contributed by atoms with van der Waals surface area (Å²) in [6, 6.07) is 5.38. The van der Waals surface area contributed by atoms with Crippen molar-refractivity contribution in [3.8, 4) is 0 Å². The van der Waals surface area contributed by atoms with E-state index in [1.165, 1.54) is 12.1 Å². The summed E-state index contributed by atoms with van der Waals surface area (Å²) >= 11 is 0. The van der Waals surface area contributed by atoms with Crippen LogP contribution in [0.25, 0.3) is 0 Å². The van der Waals surface area contributed by atoms with Gasteiger partial charge in [0.15, 0.2) is 0 Å². The van der Waals surface area contributed by atoms with Gasteiger partial charge in [-0.15, -0.1) is 0 Å². The smallest absolute Gasteiger partial charge is 0.317 e. The van der Waals surface area contributed by atoms with Gasteiger partial charge in [-0.3, -0.25) is 4.79 Å². The minimum Gasteiger partial charge on any atom is -0.372 e. The van der Waals surface area contributed by atoms with Gasteiger partial charge >= 0.3 is 6.03 Å². The van der Waals surface area contributed by atoms with Crippen molar-refractivity contribution in [3.63, 3.8) is 0 Å². The molecular formula is C17H22FN3O3. The number of benzene rings is 1. The number of ether oxygens (including phenoxy) is 1. The second-order valence-corrected chi connectivity index (χ2v) is 6.49. The van der Waals surface area contributed by atoms with Crippen LogP contribution in [0.4, 0.5) is 14.9 Å². The zero-order chi connectivity index (χ0) is 17.3. The maximum absolute atomic E-state index is 13.0. The fourth-order valence-electron chi connectivity index (χ4n) is 3.28. The van der Waals surface area contributed by atoms with Crippen molar-refractivity contribution in [1.82, 2.24) is 10.2 Å². The summed E-state index contributed by atoms with van der Waals surface area (Å²) in [6.07, 6.45) is 0.249. The highest BCUT2D eigenvalue weighted by molar-refractivity contribution is 5.96. The Labute approximate surface area is 140 Å². The van der Waals surface area contributed by atoms with Gasteiger partial charge in [0.05, 0.1) is 18.2 Å². The largest absolute Gasteiger partial charge is 0.372 e. The number of hydrogen-bond donors (Lipinski definition) is 1. The van der Waals surface area contributed by atoms with Crippen LogP contribution in [0.15, 0.2) is 24.3 Å². The van der Waals surface area contributed by atoms with Crippen LogP contribution in [0.3, 0.4) is 0 Å². The molecule has 1 N–H and O–H groups in total. The molecule has 0 saturated carbocycles. The molecule has 0 aliphatic carbocycles. The monoisotopic (exact) mass is 335 g/mol. The lowest BCUT2D eigenvalue weighted by Crippen LogP contribution is -2.53. The molecule has 0 radical (unpaired) electrons. The van der Waals surface area contributed by atoms with E-state index in [-0.39, 0.29) is 42.4 Å². The van der Waals surface area contributed by atoms with Crippen molar-refractivity contribution in [3.05, 3.63) is 30.1 Å². The molecule has 7 heteroatoms. The minimum atomic E-state index is -0.342.